The van der Waals surface area contributed by atoms with E-state index in [1.54, 1.807) is 7.11 Å². The molecule has 0 heterocycles. The Morgan fingerprint density at radius 1 is 1.12 bits per heavy atom. The van der Waals surface area contributed by atoms with Gasteiger partial charge in [-0.3, -0.25) is 0 Å². The third-order valence-electron chi connectivity index (χ3n) is 2.91. The Bertz CT molecular complexity index is 388. The van der Waals surface area contributed by atoms with Gasteiger partial charge in [-0.15, -0.1) is 0 Å². The monoisotopic (exact) mass is 346 g/mol. The van der Waals surface area contributed by atoms with Gasteiger partial charge in [-0.25, -0.2) is 0 Å². The van der Waals surface area contributed by atoms with Crippen LogP contribution in [0, 0.1) is 8.99 Å². The SMILES string of the molecule is COc1ccc(C(C)(C)CC(C)(C)C)cc1I. The molecule has 0 atom stereocenters. The van der Waals surface area contributed by atoms with Crippen LogP contribution in [-0.4, -0.2) is 7.11 Å². The Morgan fingerprint density at radius 3 is 2.12 bits per heavy atom. The van der Waals surface area contributed by atoms with Gasteiger partial charge in [-0.1, -0.05) is 40.7 Å². The number of benzene rings is 1. The first-order valence-electron chi connectivity index (χ1n) is 6.00. The van der Waals surface area contributed by atoms with E-state index in [1.807, 2.05) is 0 Å². The minimum absolute atomic E-state index is 0.199. The van der Waals surface area contributed by atoms with Crippen molar-refractivity contribution in [3.05, 3.63) is 27.3 Å². The Morgan fingerprint density at radius 2 is 1.71 bits per heavy atom. The predicted molar refractivity (Wildman–Crippen MR) is 82.8 cm³/mol. The summed E-state index contributed by atoms with van der Waals surface area (Å²) in [5, 5.41) is 0. The molecule has 0 fully saturated rings. The van der Waals surface area contributed by atoms with Gasteiger partial charge in [0, 0.05) is 0 Å². The Balaban J connectivity index is 3.03. The maximum atomic E-state index is 5.31. The van der Waals surface area contributed by atoms with E-state index in [9.17, 15) is 0 Å². The van der Waals surface area contributed by atoms with Crippen LogP contribution >= 0.6 is 22.6 Å². The first-order chi connectivity index (χ1) is 7.65. The van der Waals surface area contributed by atoms with Crippen molar-refractivity contribution in [2.45, 2.75) is 46.5 Å². The fourth-order valence-electron chi connectivity index (χ4n) is 2.52. The van der Waals surface area contributed by atoms with Crippen LogP contribution in [0.5, 0.6) is 5.75 Å². The summed E-state index contributed by atoms with van der Waals surface area (Å²) < 4.78 is 6.49. The summed E-state index contributed by atoms with van der Waals surface area (Å²) in [6.07, 6.45) is 1.17. The molecule has 0 radical (unpaired) electrons. The average Bonchev–Trinajstić information content (AvgIpc) is 2.13. The van der Waals surface area contributed by atoms with Gasteiger partial charge >= 0.3 is 0 Å². The molecular formula is C15H23IO. The molecule has 1 nitrogen and oxygen atoms in total. The largest absolute Gasteiger partial charge is 0.496 e. The lowest BCUT2D eigenvalue weighted by Gasteiger charge is -2.33. The van der Waals surface area contributed by atoms with Crippen LogP contribution in [0.4, 0.5) is 0 Å². The molecule has 0 bridgehead atoms. The zero-order valence-electron chi connectivity index (χ0n) is 11.7. The smallest absolute Gasteiger partial charge is 0.132 e. The van der Waals surface area contributed by atoms with Gasteiger partial charge in [-0.2, -0.15) is 0 Å². The highest BCUT2D eigenvalue weighted by Crippen LogP contribution is 2.37. The van der Waals surface area contributed by atoms with Crippen molar-refractivity contribution >= 4 is 22.6 Å². The molecule has 0 aliphatic carbocycles. The molecule has 0 aromatic heterocycles. The molecular weight excluding hydrogens is 323 g/mol. The van der Waals surface area contributed by atoms with Crippen LogP contribution in [0.15, 0.2) is 18.2 Å². The molecule has 0 unspecified atom stereocenters. The van der Waals surface area contributed by atoms with Crippen molar-refractivity contribution < 1.29 is 4.74 Å². The van der Waals surface area contributed by atoms with Crippen molar-refractivity contribution in [1.82, 2.24) is 0 Å². The third kappa shape index (κ3) is 4.16. The highest BCUT2D eigenvalue weighted by molar-refractivity contribution is 14.1. The fraction of sp³-hybridized carbons (Fsp3) is 0.600. The van der Waals surface area contributed by atoms with Crippen molar-refractivity contribution in [2.75, 3.05) is 7.11 Å². The summed E-state index contributed by atoms with van der Waals surface area (Å²) in [4.78, 5) is 0. The Labute approximate surface area is 119 Å². The molecule has 0 aliphatic heterocycles. The predicted octanol–water partition coefficient (Wildman–Crippen LogP) is 5.01. The zero-order valence-corrected chi connectivity index (χ0v) is 13.9. The van der Waals surface area contributed by atoms with Gasteiger partial charge < -0.3 is 4.74 Å². The van der Waals surface area contributed by atoms with Crippen LogP contribution in [0.2, 0.25) is 0 Å². The van der Waals surface area contributed by atoms with E-state index in [0.717, 1.165) is 5.75 Å². The van der Waals surface area contributed by atoms with Gasteiger partial charge in [0.25, 0.3) is 0 Å². The molecule has 17 heavy (non-hydrogen) atoms. The van der Waals surface area contributed by atoms with E-state index >= 15 is 0 Å². The molecule has 0 saturated carbocycles. The van der Waals surface area contributed by atoms with E-state index in [2.05, 4.69) is 75.4 Å². The first kappa shape index (κ1) is 14.8. The van der Waals surface area contributed by atoms with E-state index < -0.39 is 0 Å². The average molecular weight is 346 g/mol. The maximum Gasteiger partial charge on any atom is 0.132 e. The van der Waals surface area contributed by atoms with E-state index in [-0.39, 0.29) is 5.41 Å². The summed E-state index contributed by atoms with van der Waals surface area (Å²) in [6.45, 7) is 11.5. The molecule has 0 spiro atoms. The molecule has 0 aliphatic rings. The molecule has 0 saturated heterocycles. The van der Waals surface area contributed by atoms with Gasteiger partial charge in [0.1, 0.15) is 5.75 Å². The molecule has 96 valence electrons. The molecule has 0 amide bonds. The molecule has 2 heteroatoms. The summed E-state index contributed by atoms with van der Waals surface area (Å²) in [5.41, 5.74) is 1.93. The van der Waals surface area contributed by atoms with Crippen molar-refractivity contribution in [2.24, 2.45) is 5.41 Å². The first-order valence-corrected chi connectivity index (χ1v) is 7.08. The van der Waals surface area contributed by atoms with Gasteiger partial charge in [0.15, 0.2) is 0 Å². The standard InChI is InChI=1S/C15H23IO/c1-14(2,3)10-15(4,5)11-7-8-13(17-6)12(16)9-11/h7-9H,10H2,1-6H3. The highest BCUT2D eigenvalue weighted by Gasteiger charge is 2.27. The second-order valence-electron chi connectivity index (χ2n) is 6.47. The highest BCUT2D eigenvalue weighted by atomic mass is 127. The minimum atomic E-state index is 0.199. The van der Waals surface area contributed by atoms with Gasteiger partial charge in [-0.05, 0) is 57.5 Å². The van der Waals surface area contributed by atoms with Gasteiger partial charge in [0.05, 0.1) is 10.7 Å². The normalized spacial score (nSPS) is 12.6. The fourth-order valence-corrected chi connectivity index (χ4v) is 3.25. The van der Waals surface area contributed by atoms with Crippen LogP contribution in [0.25, 0.3) is 0 Å². The number of hydrogen-bond donors (Lipinski definition) is 0. The minimum Gasteiger partial charge on any atom is -0.496 e. The molecule has 0 N–H and O–H groups in total. The van der Waals surface area contributed by atoms with Crippen LogP contribution in [0.1, 0.15) is 46.6 Å². The van der Waals surface area contributed by atoms with Gasteiger partial charge in [0.2, 0.25) is 0 Å². The molecule has 1 rings (SSSR count). The Hall–Kier alpha value is -0.250. The van der Waals surface area contributed by atoms with Crippen molar-refractivity contribution in [3.63, 3.8) is 0 Å². The number of hydrogen-bond acceptors (Lipinski definition) is 1. The second kappa shape index (κ2) is 5.17. The molecule has 1 aromatic carbocycles. The van der Waals surface area contributed by atoms with Crippen LogP contribution in [-0.2, 0) is 5.41 Å². The van der Waals surface area contributed by atoms with E-state index in [4.69, 9.17) is 4.74 Å². The third-order valence-corrected chi connectivity index (χ3v) is 3.75. The second-order valence-corrected chi connectivity index (χ2v) is 7.63. The van der Waals surface area contributed by atoms with Crippen LogP contribution < -0.4 is 4.74 Å². The lowest BCUT2D eigenvalue weighted by atomic mass is 9.72. The number of ether oxygens (including phenoxy) is 1. The molecule has 1 aromatic rings. The Kier molecular flexibility index (Phi) is 4.50. The summed E-state index contributed by atoms with van der Waals surface area (Å²) in [5.74, 6) is 0.959. The lowest BCUT2D eigenvalue weighted by molar-refractivity contribution is 0.284. The summed E-state index contributed by atoms with van der Waals surface area (Å²) in [6, 6.07) is 6.50. The number of halogens is 1. The number of rotatable bonds is 3. The number of methoxy groups -OCH3 is 1. The van der Waals surface area contributed by atoms with E-state index in [1.165, 1.54) is 15.6 Å². The maximum absolute atomic E-state index is 5.31. The van der Waals surface area contributed by atoms with Crippen molar-refractivity contribution in [1.29, 1.82) is 0 Å². The lowest BCUT2D eigenvalue weighted by Crippen LogP contribution is -2.24. The summed E-state index contributed by atoms with van der Waals surface area (Å²) >= 11 is 2.34. The quantitative estimate of drug-likeness (QED) is 0.699. The summed E-state index contributed by atoms with van der Waals surface area (Å²) in [7, 11) is 1.72. The van der Waals surface area contributed by atoms with E-state index in [0.29, 0.717) is 5.41 Å². The topological polar surface area (TPSA) is 9.23 Å². The van der Waals surface area contributed by atoms with Crippen LogP contribution in [0.3, 0.4) is 0 Å². The van der Waals surface area contributed by atoms with Crippen molar-refractivity contribution in [3.8, 4) is 5.75 Å². The zero-order chi connectivity index (χ0) is 13.3.